The van der Waals surface area contributed by atoms with Gasteiger partial charge in [-0.25, -0.2) is 9.97 Å². The predicted octanol–water partition coefficient (Wildman–Crippen LogP) is 0.192. The topological polar surface area (TPSA) is 108 Å². The number of carbonyl (C=O) groups is 1. The third-order valence-corrected chi connectivity index (χ3v) is 6.57. The van der Waals surface area contributed by atoms with E-state index in [1.165, 1.54) is 0 Å². The molecule has 1 aromatic heterocycles. The van der Waals surface area contributed by atoms with E-state index < -0.39 is 36.9 Å². The fourth-order valence-corrected chi connectivity index (χ4v) is 3.85. The Kier molecular flexibility index (Phi) is 6.95. The first kappa shape index (κ1) is 23.9. The molecule has 1 amide bonds. The van der Waals surface area contributed by atoms with Gasteiger partial charge in [-0.05, 0) is 53.9 Å². The highest BCUT2D eigenvalue weighted by atomic mass is 16.7. The van der Waals surface area contributed by atoms with Gasteiger partial charge in [0.15, 0.2) is 6.10 Å². The van der Waals surface area contributed by atoms with E-state index in [-0.39, 0.29) is 12.0 Å². The second-order valence-corrected chi connectivity index (χ2v) is 9.79. The summed E-state index contributed by atoms with van der Waals surface area (Å²) in [5.74, 6) is 0.447. The molecule has 0 aromatic carbocycles. The van der Waals surface area contributed by atoms with E-state index in [9.17, 15) is 9.90 Å². The number of carbonyl (C=O) groups excluding carboxylic acids is 1. The lowest BCUT2D eigenvalue weighted by Gasteiger charge is -2.32. The van der Waals surface area contributed by atoms with Gasteiger partial charge in [-0.15, -0.1) is 0 Å². The zero-order valence-electron chi connectivity index (χ0n) is 19.4. The maximum atomic E-state index is 12.1. The average Bonchev–Trinajstić information content (AvgIpc) is 3.26. The first-order valence-electron chi connectivity index (χ1n) is 11.0. The van der Waals surface area contributed by atoms with Crippen molar-refractivity contribution in [3.63, 3.8) is 0 Å². The number of anilines is 1. The van der Waals surface area contributed by atoms with Crippen molar-refractivity contribution in [2.24, 2.45) is 5.92 Å². The van der Waals surface area contributed by atoms with Gasteiger partial charge < -0.3 is 29.3 Å². The minimum Gasteiger partial charge on any atom is -0.399 e. The molecule has 2 aliphatic heterocycles. The van der Waals surface area contributed by atoms with Crippen LogP contribution < -0.4 is 10.4 Å². The van der Waals surface area contributed by atoms with Gasteiger partial charge in [-0.3, -0.25) is 4.79 Å². The van der Waals surface area contributed by atoms with Crippen molar-refractivity contribution in [1.29, 1.82) is 0 Å². The molecule has 2 fully saturated rings. The maximum absolute atomic E-state index is 12.1. The minimum atomic E-state index is -1.34. The van der Waals surface area contributed by atoms with E-state index in [4.69, 9.17) is 14.4 Å². The smallest absolute Gasteiger partial charge is 0.399 e. The molecule has 9 nitrogen and oxygen atoms in total. The Morgan fingerprint density at radius 2 is 1.84 bits per heavy atom. The van der Waals surface area contributed by atoms with Crippen LogP contribution in [-0.4, -0.2) is 87.7 Å². The maximum Gasteiger partial charge on any atom is 0.498 e. The summed E-state index contributed by atoms with van der Waals surface area (Å²) in [6.07, 6.45) is 2.99. The van der Waals surface area contributed by atoms with Crippen LogP contribution in [0.4, 0.5) is 5.95 Å². The summed E-state index contributed by atoms with van der Waals surface area (Å²) in [5.41, 5.74) is -0.0625. The first-order chi connectivity index (χ1) is 14.4. The standard InChI is InChI=1S/C21H35BN4O5/c1-14(2)26(12-15-7-8-25(11-15)18(29)17(28)13-27)19-23-9-16(10-24-19)22-30-20(3,4)21(5,6)31-22/h9-10,14-15,17,27-28H,7-8,11-13H2,1-6H3/t15-,17-/m0/s1. The molecule has 2 saturated heterocycles. The first-order valence-corrected chi connectivity index (χ1v) is 11.0. The summed E-state index contributed by atoms with van der Waals surface area (Å²) in [5, 5.41) is 18.6. The number of rotatable bonds is 7. The van der Waals surface area contributed by atoms with Crippen LogP contribution in [0.3, 0.4) is 0 Å². The lowest BCUT2D eigenvalue weighted by molar-refractivity contribution is -0.141. The van der Waals surface area contributed by atoms with E-state index in [1.54, 1.807) is 17.3 Å². The SMILES string of the molecule is CC(C)N(C[C@H]1CCN(C(=O)[C@@H](O)CO)C1)c1ncc(B2OC(C)(C)C(C)(C)O2)cn1. The predicted molar refractivity (Wildman–Crippen MR) is 118 cm³/mol. The Morgan fingerprint density at radius 1 is 1.26 bits per heavy atom. The van der Waals surface area contributed by atoms with Crippen molar-refractivity contribution in [1.82, 2.24) is 14.9 Å². The lowest BCUT2D eigenvalue weighted by Crippen LogP contribution is -2.41. The number of nitrogens with zero attached hydrogens (tertiary/aromatic N) is 4. The van der Waals surface area contributed by atoms with Gasteiger partial charge in [0.2, 0.25) is 5.95 Å². The summed E-state index contributed by atoms with van der Waals surface area (Å²) < 4.78 is 12.2. The lowest BCUT2D eigenvalue weighted by atomic mass is 9.81. The molecule has 31 heavy (non-hydrogen) atoms. The second kappa shape index (κ2) is 9.01. The van der Waals surface area contributed by atoms with E-state index in [2.05, 4.69) is 28.7 Å². The van der Waals surface area contributed by atoms with Crippen LogP contribution in [0.1, 0.15) is 48.0 Å². The normalized spacial score (nSPS) is 23.5. The molecule has 2 N–H and O–H groups in total. The summed E-state index contributed by atoms with van der Waals surface area (Å²) in [4.78, 5) is 25.0. The molecule has 0 radical (unpaired) electrons. The van der Waals surface area contributed by atoms with Crippen LogP contribution in [-0.2, 0) is 14.1 Å². The molecular formula is C21H35BN4O5. The molecule has 0 unspecified atom stereocenters. The fourth-order valence-electron chi connectivity index (χ4n) is 3.85. The van der Waals surface area contributed by atoms with Crippen molar-refractivity contribution in [3.8, 4) is 0 Å². The fraction of sp³-hybridized carbons (Fsp3) is 0.762. The summed E-state index contributed by atoms with van der Waals surface area (Å²) in [6.45, 7) is 13.5. The van der Waals surface area contributed by atoms with Gasteiger partial charge in [0.1, 0.15) is 0 Å². The molecule has 1 aromatic rings. The van der Waals surface area contributed by atoms with Crippen molar-refractivity contribution in [2.75, 3.05) is 31.1 Å². The zero-order chi connectivity index (χ0) is 23.0. The molecule has 0 spiro atoms. The van der Waals surface area contributed by atoms with Gasteiger partial charge in [0, 0.05) is 43.5 Å². The van der Waals surface area contributed by atoms with Crippen LogP contribution in [0.15, 0.2) is 12.4 Å². The van der Waals surface area contributed by atoms with E-state index in [1.807, 2.05) is 27.7 Å². The highest BCUT2D eigenvalue weighted by molar-refractivity contribution is 6.61. The molecule has 2 atom stereocenters. The van der Waals surface area contributed by atoms with Gasteiger partial charge >= 0.3 is 7.12 Å². The summed E-state index contributed by atoms with van der Waals surface area (Å²) in [7, 11) is -0.501. The number of amides is 1. The minimum absolute atomic E-state index is 0.176. The number of hydrogen-bond acceptors (Lipinski definition) is 8. The van der Waals surface area contributed by atoms with Crippen LogP contribution in [0.2, 0.25) is 0 Å². The molecule has 2 aliphatic rings. The van der Waals surface area contributed by atoms with Crippen molar-refractivity contribution in [2.45, 2.75) is 71.3 Å². The van der Waals surface area contributed by atoms with Crippen molar-refractivity contribution < 1.29 is 24.3 Å². The number of aliphatic hydroxyl groups is 2. The van der Waals surface area contributed by atoms with Gasteiger partial charge in [0.25, 0.3) is 5.91 Å². The molecule has 10 heteroatoms. The van der Waals surface area contributed by atoms with Crippen LogP contribution in [0, 0.1) is 5.92 Å². The van der Waals surface area contributed by atoms with E-state index in [0.717, 1.165) is 11.9 Å². The van der Waals surface area contributed by atoms with Gasteiger partial charge in [-0.2, -0.15) is 0 Å². The highest BCUT2D eigenvalue weighted by Crippen LogP contribution is 2.36. The van der Waals surface area contributed by atoms with Crippen LogP contribution >= 0.6 is 0 Å². The zero-order valence-corrected chi connectivity index (χ0v) is 19.4. The largest absolute Gasteiger partial charge is 0.498 e. The Bertz CT molecular complexity index is 758. The molecule has 0 bridgehead atoms. The Morgan fingerprint density at radius 3 is 2.35 bits per heavy atom. The van der Waals surface area contributed by atoms with E-state index in [0.29, 0.717) is 25.6 Å². The summed E-state index contributed by atoms with van der Waals surface area (Å²) in [6, 6.07) is 0.176. The van der Waals surface area contributed by atoms with Crippen LogP contribution in [0.5, 0.6) is 0 Å². The molecule has 0 saturated carbocycles. The van der Waals surface area contributed by atoms with E-state index >= 15 is 0 Å². The van der Waals surface area contributed by atoms with Crippen LogP contribution in [0.25, 0.3) is 0 Å². The summed E-state index contributed by atoms with van der Waals surface area (Å²) >= 11 is 0. The quantitative estimate of drug-likeness (QED) is 0.586. The number of aromatic nitrogens is 2. The molecule has 3 heterocycles. The molecular weight excluding hydrogens is 399 g/mol. The average molecular weight is 434 g/mol. The third-order valence-electron chi connectivity index (χ3n) is 6.57. The van der Waals surface area contributed by atoms with Gasteiger partial charge in [-0.1, -0.05) is 0 Å². The van der Waals surface area contributed by atoms with Crippen molar-refractivity contribution >= 4 is 24.4 Å². The third kappa shape index (κ3) is 5.03. The Labute approximate surface area is 184 Å². The molecule has 172 valence electrons. The Hall–Kier alpha value is -1.75. The number of hydrogen-bond donors (Lipinski definition) is 2. The molecule has 3 rings (SSSR count). The number of aliphatic hydroxyl groups excluding tert-OH is 2. The second-order valence-electron chi connectivity index (χ2n) is 9.79. The monoisotopic (exact) mass is 434 g/mol. The molecule has 0 aliphatic carbocycles. The highest BCUT2D eigenvalue weighted by Gasteiger charge is 2.52. The number of likely N-dealkylation sites (tertiary alicyclic amines) is 1. The Balaban J connectivity index is 1.66. The van der Waals surface area contributed by atoms with Crippen molar-refractivity contribution in [3.05, 3.63) is 12.4 Å². The van der Waals surface area contributed by atoms with Gasteiger partial charge in [0.05, 0.1) is 17.8 Å².